The van der Waals surface area contributed by atoms with Gasteiger partial charge in [0, 0.05) is 35.0 Å². The van der Waals surface area contributed by atoms with Gasteiger partial charge in [-0.3, -0.25) is 4.98 Å². The van der Waals surface area contributed by atoms with E-state index in [0.717, 1.165) is 22.4 Å². The first-order valence-electron chi connectivity index (χ1n) is 11.5. The molecule has 0 unspecified atom stereocenters. The second-order valence-electron chi connectivity index (χ2n) is 9.54. The van der Waals surface area contributed by atoms with E-state index in [4.69, 9.17) is 9.97 Å². The van der Waals surface area contributed by atoms with Crippen LogP contribution in [0.3, 0.4) is 0 Å². The maximum absolute atomic E-state index is 5.34. The summed E-state index contributed by atoms with van der Waals surface area (Å²) in [6.07, 6.45) is 1.93. The zero-order valence-corrected chi connectivity index (χ0v) is 19.3. The van der Waals surface area contributed by atoms with Crippen LogP contribution in [0.1, 0.15) is 50.7 Å². The molecule has 3 nitrogen and oxygen atoms in total. The molecule has 0 spiro atoms. The van der Waals surface area contributed by atoms with Crippen LogP contribution in [0, 0.1) is 0 Å². The molecule has 0 N–H and O–H groups in total. The molecule has 0 saturated carbocycles. The van der Waals surface area contributed by atoms with Gasteiger partial charge >= 0.3 is 0 Å². The Labute approximate surface area is 188 Å². The van der Waals surface area contributed by atoms with Crippen molar-refractivity contribution in [1.82, 2.24) is 14.5 Å². The van der Waals surface area contributed by atoms with Gasteiger partial charge in [-0.1, -0.05) is 76.2 Å². The van der Waals surface area contributed by atoms with Crippen molar-refractivity contribution in [2.45, 2.75) is 39.5 Å². The normalized spacial score (nSPS) is 12.5. The monoisotopic (exact) mass is 417 g/mol. The Hall–Kier alpha value is -3.46. The van der Waals surface area contributed by atoms with Crippen molar-refractivity contribution in [2.24, 2.45) is 7.05 Å². The van der Waals surface area contributed by atoms with Crippen LogP contribution >= 0.6 is 0 Å². The Morgan fingerprint density at radius 2 is 1.38 bits per heavy atom. The Morgan fingerprint density at radius 1 is 0.719 bits per heavy atom. The van der Waals surface area contributed by atoms with Crippen molar-refractivity contribution >= 4 is 43.5 Å². The average Bonchev–Trinajstić information content (AvgIpc) is 3.14. The van der Waals surface area contributed by atoms with E-state index in [0.29, 0.717) is 11.8 Å². The number of nitrogens with zero attached hydrogens (tertiary/aromatic N) is 3. The van der Waals surface area contributed by atoms with Crippen molar-refractivity contribution in [3.05, 3.63) is 71.9 Å². The predicted octanol–water partition coefficient (Wildman–Crippen LogP) is 7.78. The third kappa shape index (κ3) is 2.48. The fraction of sp³-hybridized carbons (Fsp3) is 0.241. The zero-order chi connectivity index (χ0) is 22.1. The molecule has 6 aromatic rings. The number of aromatic nitrogens is 3. The van der Waals surface area contributed by atoms with Gasteiger partial charge in [0.1, 0.15) is 5.82 Å². The summed E-state index contributed by atoms with van der Waals surface area (Å²) in [5.41, 5.74) is 7.17. The summed E-state index contributed by atoms with van der Waals surface area (Å²) in [6, 6.07) is 19.8. The molecule has 0 bridgehead atoms. The minimum atomic E-state index is 0.416. The van der Waals surface area contributed by atoms with Gasteiger partial charge in [0.15, 0.2) is 0 Å². The molecule has 4 aromatic carbocycles. The lowest BCUT2D eigenvalue weighted by Gasteiger charge is -2.19. The Balaban J connectivity index is 1.85. The number of benzene rings is 4. The van der Waals surface area contributed by atoms with Crippen LogP contribution in [0.4, 0.5) is 0 Å². The fourth-order valence-corrected chi connectivity index (χ4v) is 5.41. The smallest absolute Gasteiger partial charge is 0.141 e. The summed E-state index contributed by atoms with van der Waals surface area (Å²) >= 11 is 0. The molecule has 6 rings (SSSR count). The molecule has 158 valence electrons. The number of aryl methyl sites for hydroxylation is 1. The van der Waals surface area contributed by atoms with E-state index in [1.165, 1.54) is 43.6 Å². The van der Waals surface area contributed by atoms with E-state index in [1.807, 2.05) is 6.20 Å². The molecule has 3 heteroatoms. The summed E-state index contributed by atoms with van der Waals surface area (Å²) in [7, 11) is 2.15. The summed E-state index contributed by atoms with van der Waals surface area (Å²) in [6.45, 7) is 9.07. The minimum Gasteiger partial charge on any atom is -0.325 e. The van der Waals surface area contributed by atoms with Gasteiger partial charge in [0.2, 0.25) is 0 Å². The largest absolute Gasteiger partial charge is 0.325 e. The molecule has 0 saturated heterocycles. The highest BCUT2D eigenvalue weighted by Gasteiger charge is 2.24. The van der Waals surface area contributed by atoms with Gasteiger partial charge < -0.3 is 4.57 Å². The Kier molecular flexibility index (Phi) is 4.07. The standard InChI is InChI=1S/C29H27N3/c1-16(2)20-9-7-10-21(17(3)4)25(20)29-31-26-22-11-6-8-18-12-13-19-14-15-30-27(24(19)23(18)22)28(26)32(29)5/h6-17H,1-5H3. The summed E-state index contributed by atoms with van der Waals surface area (Å²) in [5.74, 6) is 1.87. The average molecular weight is 418 g/mol. The van der Waals surface area contributed by atoms with E-state index in [1.54, 1.807) is 0 Å². The highest BCUT2D eigenvalue weighted by atomic mass is 15.1. The number of fused-ring (bicyclic) bond motifs is 3. The number of hydrogen-bond acceptors (Lipinski definition) is 2. The predicted molar refractivity (Wildman–Crippen MR) is 136 cm³/mol. The van der Waals surface area contributed by atoms with E-state index in [9.17, 15) is 0 Å². The molecule has 0 aliphatic carbocycles. The van der Waals surface area contributed by atoms with Gasteiger partial charge in [-0.15, -0.1) is 0 Å². The van der Waals surface area contributed by atoms with Crippen LogP contribution in [0.5, 0.6) is 0 Å². The van der Waals surface area contributed by atoms with Crippen molar-refractivity contribution < 1.29 is 0 Å². The van der Waals surface area contributed by atoms with Gasteiger partial charge in [-0.05, 0) is 39.8 Å². The summed E-state index contributed by atoms with van der Waals surface area (Å²) in [5, 5.41) is 6.19. The van der Waals surface area contributed by atoms with E-state index >= 15 is 0 Å². The second kappa shape index (κ2) is 6.77. The highest BCUT2D eigenvalue weighted by Crippen LogP contribution is 2.42. The molecule has 0 amide bonds. The van der Waals surface area contributed by atoms with E-state index in [2.05, 4.69) is 93.9 Å². The first-order chi connectivity index (χ1) is 15.5. The first kappa shape index (κ1) is 19.2. The summed E-state index contributed by atoms with van der Waals surface area (Å²) < 4.78 is 2.28. The number of pyridine rings is 1. The molecule has 2 aromatic heterocycles. The topological polar surface area (TPSA) is 30.7 Å². The van der Waals surface area contributed by atoms with E-state index in [-0.39, 0.29) is 0 Å². The molecule has 0 atom stereocenters. The van der Waals surface area contributed by atoms with Crippen molar-refractivity contribution in [3.63, 3.8) is 0 Å². The number of hydrogen-bond donors (Lipinski definition) is 0. The van der Waals surface area contributed by atoms with Crippen molar-refractivity contribution in [3.8, 4) is 11.4 Å². The van der Waals surface area contributed by atoms with Crippen LogP contribution in [-0.2, 0) is 7.05 Å². The number of imidazole rings is 1. The Bertz CT molecular complexity index is 1610. The maximum atomic E-state index is 5.34. The van der Waals surface area contributed by atoms with Gasteiger partial charge in [0.25, 0.3) is 0 Å². The van der Waals surface area contributed by atoms with Crippen LogP contribution in [0.25, 0.3) is 54.9 Å². The molecule has 0 fully saturated rings. The molecular weight excluding hydrogens is 390 g/mol. The second-order valence-corrected chi connectivity index (χ2v) is 9.54. The van der Waals surface area contributed by atoms with Gasteiger partial charge in [-0.25, -0.2) is 4.98 Å². The summed E-state index contributed by atoms with van der Waals surface area (Å²) in [4.78, 5) is 10.2. The van der Waals surface area contributed by atoms with Gasteiger partial charge in [0.05, 0.1) is 16.6 Å². The van der Waals surface area contributed by atoms with Crippen LogP contribution < -0.4 is 0 Å². The lowest BCUT2D eigenvalue weighted by Crippen LogP contribution is -2.04. The lowest BCUT2D eigenvalue weighted by molar-refractivity contribution is 0.828. The zero-order valence-electron chi connectivity index (χ0n) is 19.3. The molecule has 2 heterocycles. The highest BCUT2D eigenvalue weighted by molar-refractivity contribution is 6.31. The van der Waals surface area contributed by atoms with Crippen molar-refractivity contribution in [1.29, 1.82) is 0 Å². The van der Waals surface area contributed by atoms with Crippen molar-refractivity contribution in [2.75, 3.05) is 0 Å². The van der Waals surface area contributed by atoms with Crippen LogP contribution in [0.15, 0.2) is 60.8 Å². The number of rotatable bonds is 3. The molecular formula is C29H27N3. The molecule has 0 aliphatic heterocycles. The SMILES string of the molecule is CC(C)c1cccc(C(C)C)c1-c1nc2c3cccc4ccc5ccnc(c5c43)c2n1C. The molecule has 32 heavy (non-hydrogen) atoms. The molecule has 0 radical (unpaired) electrons. The first-order valence-corrected chi connectivity index (χ1v) is 11.5. The molecule has 0 aliphatic rings. The maximum Gasteiger partial charge on any atom is 0.141 e. The van der Waals surface area contributed by atoms with Gasteiger partial charge in [-0.2, -0.15) is 0 Å². The quantitative estimate of drug-likeness (QED) is 0.275. The third-order valence-corrected chi connectivity index (χ3v) is 6.94. The van der Waals surface area contributed by atoms with Crippen LogP contribution in [-0.4, -0.2) is 14.5 Å². The third-order valence-electron chi connectivity index (χ3n) is 6.94. The lowest BCUT2D eigenvalue weighted by atomic mass is 9.88. The van der Waals surface area contributed by atoms with E-state index < -0.39 is 0 Å². The minimum absolute atomic E-state index is 0.416. The van der Waals surface area contributed by atoms with Crippen LogP contribution in [0.2, 0.25) is 0 Å². The Morgan fingerprint density at radius 3 is 2.06 bits per heavy atom. The fourth-order valence-electron chi connectivity index (χ4n) is 5.41.